The van der Waals surface area contributed by atoms with Crippen LogP contribution in [0, 0.1) is 0 Å². The average molecular weight is 212 g/mol. The lowest BCUT2D eigenvalue weighted by Gasteiger charge is -2.00. The van der Waals surface area contributed by atoms with Gasteiger partial charge in [0.25, 0.3) is 0 Å². The highest BCUT2D eigenvalue weighted by molar-refractivity contribution is 7.12. The molecule has 3 heteroatoms. The number of ether oxygens (including phenoxy) is 1. The maximum absolute atomic E-state index is 11.5. The predicted octanol–water partition coefficient (Wildman–Crippen LogP) is 3.14. The highest BCUT2D eigenvalue weighted by Crippen LogP contribution is 2.12. The number of thiophene rings is 1. The van der Waals surface area contributed by atoms with Crippen molar-refractivity contribution in [3.63, 3.8) is 0 Å². The SMILES string of the molecule is CCCOCCCC(=O)c1cccs1. The maximum atomic E-state index is 11.5. The quantitative estimate of drug-likeness (QED) is 0.512. The van der Waals surface area contributed by atoms with Crippen LogP contribution >= 0.6 is 11.3 Å². The molecule has 0 N–H and O–H groups in total. The number of carbonyl (C=O) groups excluding carboxylic acids is 1. The minimum Gasteiger partial charge on any atom is -0.381 e. The van der Waals surface area contributed by atoms with Crippen LogP contribution in [0.4, 0.5) is 0 Å². The Bertz CT molecular complexity index is 254. The van der Waals surface area contributed by atoms with Crippen molar-refractivity contribution in [2.24, 2.45) is 0 Å². The number of Topliss-reactive ketones (excluding diaryl/α,β-unsaturated/α-hetero) is 1. The van der Waals surface area contributed by atoms with Gasteiger partial charge in [-0.05, 0) is 24.3 Å². The van der Waals surface area contributed by atoms with Crippen LogP contribution in [-0.4, -0.2) is 19.0 Å². The van der Waals surface area contributed by atoms with Crippen molar-refractivity contribution in [1.82, 2.24) is 0 Å². The van der Waals surface area contributed by atoms with Gasteiger partial charge >= 0.3 is 0 Å². The summed E-state index contributed by atoms with van der Waals surface area (Å²) in [5.41, 5.74) is 0. The second-order valence-electron chi connectivity index (χ2n) is 3.12. The first kappa shape index (κ1) is 11.4. The van der Waals surface area contributed by atoms with E-state index in [9.17, 15) is 4.79 Å². The fourth-order valence-electron chi connectivity index (χ4n) is 1.14. The minimum atomic E-state index is 0.236. The van der Waals surface area contributed by atoms with Gasteiger partial charge in [-0.15, -0.1) is 11.3 Å². The number of hydrogen-bond donors (Lipinski definition) is 0. The lowest BCUT2D eigenvalue weighted by Crippen LogP contribution is -2.01. The van der Waals surface area contributed by atoms with Gasteiger partial charge in [0.2, 0.25) is 0 Å². The van der Waals surface area contributed by atoms with E-state index in [0.717, 1.165) is 24.3 Å². The van der Waals surface area contributed by atoms with Gasteiger partial charge in [-0.2, -0.15) is 0 Å². The fraction of sp³-hybridized carbons (Fsp3) is 0.545. The van der Waals surface area contributed by atoms with Gasteiger partial charge in [0.1, 0.15) is 0 Å². The summed E-state index contributed by atoms with van der Waals surface area (Å²) < 4.78 is 5.30. The molecular weight excluding hydrogens is 196 g/mol. The third-order valence-electron chi connectivity index (χ3n) is 1.84. The summed E-state index contributed by atoms with van der Waals surface area (Å²) in [6, 6.07) is 3.78. The van der Waals surface area contributed by atoms with Crippen LogP contribution in [0.3, 0.4) is 0 Å². The number of ketones is 1. The maximum Gasteiger partial charge on any atom is 0.172 e. The van der Waals surface area contributed by atoms with E-state index in [-0.39, 0.29) is 5.78 Å². The molecule has 0 saturated heterocycles. The topological polar surface area (TPSA) is 26.3 Å². The Hall–Kier alpha value is -0.670. The Morgan fingerprint density at radius 3 is 3.00 bits per heavy atom. The molecule has 1 aromatic rings. The molecule has 0 amide bonds. The number of hydrogen-bond acceptors (Lipinski definition) is 3. The number of carbonyl (C=O) groups is 1. The number of rotatable bonds is 7. The molecular formula is C11H16O2S. The molecule has 0 aromatic carbocycles. The Kier molecular flexibility index (Phi) is 5.49. The Balaban J connectivity index is 2.10. The Labute approximate surface area is 88.9 Å². The zero-order chi connectivity index (χ0) is 10.2. The van der Waals surface area contributed by atoms with Gasteiger partial charge < -0.3 is 4.74 Å². The molecule has 78 valence electrons. The fourth-order valence-corrected chi connectivity index (χ4v) is 1.84. The zero-order valence-electron chi connectivity index (χ0n) is 8.49. The van der Waals surface area contributed by atoms with Crippen molar-refractivity contribution >= 4 is 17.1 Å². The van der Waals surface area contributed by atoms with Crippen molar-refractivity contribution in [3.8, 4) is 0 Å². The van der Waals surface area contributed by atoms with E-state index in [1.165, 1.54) is 11.3 Å². The lowest BCUT2D eigenvalue weighted by atomic mass is 10.2. The predicted molar refractivity (Wildman–Crippen MR) is 59.0 cm³/mol. The van der Waals surface area contributed by atoms with Crippen LogP contribution in [0.15, 0.2) is 17.5 Å². The normalized spacial score (nSPS) is 10.4. The van der Waals surface area contributed by atoms with Crippen LogP contribution in [0.2, 0.25) is 0 Å². The van der Waals surface area contributed by atoms with Crippen molar-refractivity contribution < 1.29 is 9.53 Å². The molecule has 1 aromatic heterocycles. The molecule has 0 unspecified atom stereocenters. The average Bonchev–Trinajstić information content (AvgIpc) is 2.70. The van der Waals surface area contributed by atoms with Gasteiger partial charge in [-0.25, -0.2) is 0 Å². The van der Waals surface area contributed by atoms with Gasteiger partial charge in [0.05, 0.1) is 4.88 Å². The zero-order valence-corrected chi connectivity index (χ0v) is 9.31. The smallest absolute Gasteiger partial charge is 0.172 e. The minimum absolute atomic E-state index is 0.236. The van der Waals surface area contributed by atoms with Crippen molar-refractivity contribution in [3.05, 3.63) is 22.4 Å². The lowest BCUT2D eigenvalue weighted by molar-refractivity contribution is 0.0942. The summed E-state index contributed by atoms with van der Waals surface area (Å²) in [5, 5.41) is 1.93. The van der Waals surface area contributed by atoms with Gasteiger partial charge in [-0.1, -0.05) is 13.0 Å². The first-order valence-corrected chi connectivity index (χ1v) is 5.87. The summed E-state index contributed by atoms with van der Waals surface area (Å²) in [6.07, 6.45) is 2.47. The van der Waals surface area contributed by atoms with Crippen molar-refractivity contribution in [2.45, 2.75) is 26.2 Å². The van der Waals surface area contributed by atoms with Crippen LogP contribution < -0.4 is 0 Å². The third kappa shape index (κ3) is 4.03. The van der Waals surface area contributed by atoms with Crippen LogP contribution in [0.1, 0.15) is 35.9 Å². The van der Waals surface area contributed by atoms with Gasteiger partial charge in [0, 0.05) is 19.6 Å². The molecule has 14 heavy (non-hydrogen) atoms. The summed E-state index contributed by atoms with van der Waals surface area (Å²) >= 11 is 1.51. The van der Waals surface area contributed by atoms with Crippen molar-refractivity contribution in [1.29, 1.82) is 0 Å². The molecule has 0 spiro atoms. The van der Waals surface area contributed by atoms with E-state index in [2.05, 4.69) is 6.92 Å². The standard InChI is InChI=1S/C11H16O2S/c1-2-7-13-8-3-5-10(12)11-6-4-9-14-11/h4,6,9H,2-3,5,7-8H2,1H3. The third-order valence-corrected chi connectivity index (χ3v) is 2.75. The van der Waals surface area contributed by atoms with Gasteiger partial charge in [-0.3, -0.25) is 4.79 Å². The monoisotopic (exact) mass is 212 g/mol. The van der Waals surface area contributed by atoms with Gasteiger partial charge in [0.15, 0.2) is 5.78 Å². The molecule has 1 rings (SSSR count). The summed E-state index contributed by atoms with van der Waals surface area (Å²) in [5.74, 6) is 0.236. The van der Waals surface area contributed by atoms with Crippen molar-refractivity contribution in [2.75, 3.05) is 13.2 Å². The second-order valence-corrected chi connectivity index (χ2v) is 4.06. The molecule has 0 aliphatic rings. The van der Waals surface area contributed by atoms with E-state index in [1.807, 2.05) is 17.5 Å². The first-order valence-electron chi connectivity index (χ1n) is 4.99. The molecule has 0 aliphatic heterocycles. The molecule has 2 nitrogen and oxygen atoms in total. The van der Waals surface area contributed by atoms with E-state index >= 15 is 0 Å². The van der Waals surface area contributed by atoms with Crippen LogP contribution in [0.5, 0.6) is 0 Å². The van der Waals surface area contributed by atoms with E-state index in [1.54, 1.807) is 0 Å². The van der Waals surface area contributed by atoms with E-state index in [0.29, 0.717) is 13.0 Å². The molecule has 1 heterocycles. The Morgan fingerprint density at radius 2 is 2.36 bits per heavy atom. The summed E-state index contributed by atoms with van der Waals surface area (Å²) in [7, 11) is 0. The highest BCUT2D eigenvalue weighted by Gasteiger charge is 2.05. The molecule has 0 saturated carbocycles. The van der Waals surface area contributed by atoms with E-state index < -0.39 is 0 Å². The van der Waals surface area contributed by atoms with E-state index in [4.69, 9.17) is 4.74 Å². The second kappa shape index (κ2) is 6.74. The first-order chi connectivity index (χ1) is 6.84. The largest absolute Gasteiger partial charge is 0.381 e. The summed E-state index contributed by atoms with van der Waals surface area (Å²) in [4.78, 5) is 12.4. The Morgan fingerprint density at radius 1 is 1.50 bits per heavy atom. The molecule has 0 bridgehead atoms. The molecule has 0 aliphatic carbocycles. The van der Waals surface area contributed by atoms with Crippen LogP contribution in [-0.2, 0) is 4.74 Å². The van der Waals surface area contributed by atoms with Crippen LogP contribution in [0.25, 0.3) is 0 Å². The molecule has 0 atom stereocenters. The summed E-state index contributed by atoms with van der Waals surface area (Å²) in [6.45, 7) is 3.58. The molecule has 0 fully saturated rings. The highest BCUT2D eigenvalue weighted by atomic mass is 32.1. The molecule has 0 radical (unpaired) electrons.